The van der Waals surface area contributed by atoms with Gasteiger partial charge in [-0.25, -0.2) is 0 Å². The zero-order valence-corrected chi connectivity index (χ0v) is 36.1. The Hall–Kier alpha value is -9.48. The molecule has 0 radical (unpaired) electrons. The van der Waals surface area contributed by atoms with Crippen molar-refractivity contribution < 1.29 is 35.7 Å². The molecule has 0 saturated heterocycles. The largest absolute Gasteiger partial charge is 0.504 e. The highest BCUT2D eigenvalue weighted by Gasteiger charge is 2.33. The third kappa shape index (κ3) is 7.30. The lowest BCUT2D eigenvalue weighted by atomic mass is 9.97. The molecule has 0 amide bonds. The van der Waals surface area contributed by atoms with Crippen LogP contribution in [0.1, 0.15) is 5.56 Å². The Morgan fingerprint density at radius 1 is 0.485 bits per heavy atom. The minimum absolute atomic E-state index is 0.00127. The van der Waals surface area contributed by atoms with Crippen LogP contribution in [-0.4, -0.2) is 46.9 Å². The summed E-state index contributed by atoms with van der Waals surface area (Å²) >= 11 is 0. The summed E-state index contributed by atoms with van der Waals surface area (Å²) in [4.78, 5) is 12.8. The van der Waals surface area contributed by atoms with Crippen LogP contribution in [0.15, 0.2) is 217 Å². The zero-order valence-electron chi connectivity index (χ0n) is 36.1. The molecule has 0 atom stereocenters. The molecule has 1 heterocycles. The SMILES string of the molecule is O=NC/C(=C(O)\C(O)=C(/O)N(c1ccc(-c2cccc3ccccc23)cc1)c1c(O)c(O)c(-c2ccc(-c3ccccc3)cc2)c(O)c1O)c1cccc(-n2c3ccccc3c3ccccc32)c1. The van der Waals surface area contributed by atoms with Gasteiger partial charge in [0.05, 0.1) is 16.6 Å². The maximum absolute atomic E-state index is 12.2. The number of nitrogens with zero attached hydrogens (tertiary/aromatic N) is 3. The maximum Gasteiger partial charge on any atom is 0.243 e. The van der Waals surface area contributed by atoms with Crippen molar-refractivity contribution in [2.24, 2.45) is 5.18 Å². The van der Waals surface area contributed by atoms with Crippen LogP contribution in [0.2, 0.25) is 0 Å². The fourth-order valence-electron chi connectivity index (χ4n) is 9.01. The molecule has 9 aromatic carbocycles. The first-order valence-corrected chi connectivity index (χ1v) is 21.6. The molecule has 0 fully saturated rings. The van der Waals surface area contributed by atoms with Gasteiger partial charge in [-0.2, -0.15) is 4.91 Å². The van der Waals surface area contributed by atoms with Gasteiger partial charge in [-0.1, -0.05) is 163 Å². The predicted molar refractivity (Wildman–Crippen MR) is 269 cm³/mol. The van der Waals surface area contributed by atoms with E-state index in [1.807, 2.05) is 132 Å². The second kappa shape index (κ2) is 17.5. The van der Waals surface area contributed by atoms with Crippen LogP contribution in [0.5, 0.6) is 23.0 Å². The Morgan fingerprint density at radius 2 is 1.01 bits per heavy atom. The summed E-state index contributed by atoms with van der Waals surface area (Å²) in [7, 11) is 0. The number of nitroso groups, excluding NO2 is 1. The molecule has 0 spiro atoms. The van der Waals surface area contributed by atoms with Gasteiger partial charge >= 0.3 is 0 Å². The Morgan fingerprint density at radius 3 is 1.66 bits per heavy atom. The van der Waals surface area contributed by atoms with Crippen LogP contribution in [0, 0.1) is 4.91 Å². The first-order chi connectivity index (χ1) is 33.1. The molecule has 0 unspecified atom stereocenters. The maximum atomic E-state index is 12.2. The molecule has 0 aliphatic carbocycles. The Bertz CT molecular complexity index is 3550. The lowest BCUT2D eigenvalue weighted by Crippen LogP contribution is -2.20. The number of anilines is 2. The minimum atomic E-state index is -1.19. The predicted octanol–water partition coefficient (Wildman–Crippen LogP) is 13.9. The summed E-state index contributed by atoms with van der Waals surface area (Å²) in [5.41, 5.74) is 5.11. The number of rotatable bonds is 11. The van der Waals surface area contributed by atoms with Gasteiger partial charge in [-0.3, -0.25) is 4.90 Å². The number of phenolic OH excluding ortho intramolecular Hbond substituents is 4. The molecule has 11 heteroatoms. The third-order valence-corrected chi connectivity index (χ3v) is 12.3. The van der Waals surface area contributed by atoms with Crippen LogP contribution in [0.25, 0.3) is 77.2 Å². The van der Waals surface area contributed by atoms with Crippen LogP contribution in [0.4, 0.5) is 11.4 Å². The van der Waals surface area contributed by atoms with Crippen molar-refractivity contribution in [3.63, 3.8) is 0 Å². The summed E-state index contributed by atoms with van der Waals surface area (Å²) in [5.74, 6) is -7.01. The number of benzene rings is 9. The van der Waals surface area contributed by atoms with E-state index in [1.165, 1.54) is 12.1 Å². The highest BCUT2D eigenvalue weighted by atomic mass is 16.3. The molecule has 0 saturated carbocycles. The van der Waals surface area contributed by atoms with Crippen LogP contribution in [0.3, 0.4) is 0 Å². The van der Waals surface area contributed by atoms with Crippen molar-refractivity contribution >= 4 is 49.5 Å². The number of para-hydroxylation sites is 2. The van der Waals surface area contributed by atoms with Crippen molar-refractivity contribution in [3.05, 3.63) is 222 Å². The summed E-state index contributed by atoms with van der Waals surface area (Å²) in [6.45, 7) is -0.657. The second-order valence-corrected chi connectivity index (χ2v) is 16.2. The van der Waals surface area contributed by atoms with E-state index in [0.29, 0.717) is 5.69 Å². The molecular weight excluding hydrogens is 855 g/mol. The van der Waals surface area contributed by atoms with Crippen molar-refractivity contribution in [2.45, 2.75) is 0 Å². The molecule has 10 aromatic rings. The Kier molecular flexibility index (Phi) is 10.9. The molecule has 7 N–H and O–H groups in total. The topological polar surface area (TPSA) is 179 Å². The molecular formula is C57H41N3O8. The molecule has 0 bridgehead atoms. The van der Waals surface area contributed by atoms with E-state index in [0.717, 1.165) is 59.7 Å². The molecule has 332 valence electrons. The number of fused-ring (bicyclic) bond motifs is 4. The second-order valence-electron chi connectivity index (χ2n) is 16.2. The van der Waals surface area contributed by atoms with E-state index >= 15 is 0 Å². The van der Waals surface area contributed by atoms with Crippen LogP contribution in [-0.2, 0) is 0 Å². The quantitative estimate of drug-likeness (QED) is 0.0219. The molecule has 11 nitrogen and oxygen atoms in total. The number of aliphatic hydroxyl groups is 3. The number of phenols is 4. The average molecular weight is 896 g/mol. The van der Waals surface area contributed by atoms with Gasteiger partial charge in [0.25, 0.3) is 0 Å². The van der Waals surface area contributed by atoms with Crippen molar-refractivity contribution in [3.8, 4) is 62.1 Å². The lowest BCUT2D eigenvalue weighted by Gasteiger charge is -2.28. The van der Waals surface area contributed by atoms with Crippen LogP contribution >= 0.6 is 0 Å². The standard InChI is InChI=1S/C57H41N3O8/c61-51(46(33-58-68)39-16-10-17-41(32-39)59-47-22-8-6-19-44(47)45-20-7-9-23-48(45)59)56(66)57(67)60(40-30-28-37(29-31-40)43-21-11-15-36-14-4-5-18-42(36)43)50-54(64)52(62)49(53(63)55(50)65)38-26-24-35(25-27-38)34-12-2-1-3-13-34/h1-32,61-67H,33H2/b51-46-,57-56+. The molecule has 0 aliphatic heterocycles. The van der Waals surface area contributed by atoms with E-state index < -0.39 is 52.6 Å². The zero-order chi connectivity index (χ0) is 47.1. The lowest BCUT2D eigenvalue weighted by molar-refractivity contribution is 0.281. The average Bonchev–Trinajstić information content (AvgIpc) is 3.73. The molecule has 1 aromatic heterocycles. The van der Waals surface area contributed by atoms with Gasteiger partial charge < -0.3 is 40.3 Å². The monoisotopic (exact) mass is 895 g/mol. The van der Waals surface area contributed by atoms with Gasteiger partial charge in [-0.05, 0) is 80.6 Å². The van der Waals surface area contributed by atoms with Crippen molar-refractivity contribution in [1.29, 1.82) is 0 Å². The van der Waals surface area contributed by atoms with E-state index in [9.17, 15) is 40.7 Å². The number of hydrogen-bond donors (Lipinski definition) is 7. The number of hydrogen-bond acceptors (Lipinski definition) is 10. The van der Waals surface area contributed by atoms with Gasteiger partial charge in [0.15, 0.2) is 28.8 Å². The molecule has 0 aliphatic rings. The summed E-state index contributed by atoms with van der Waals surface area (Å²) in [5, 5.41) is 90.2. The number of aliphatic hydroxyl groups excluding tert-OH is 3. The normalized spacial score (nSPS) is 12.2. The number of aromatic hydroxyl groups is 4. The first kappa shape index (κ1) is 42.5. The summed E-state index contributed by atoms with van der Waals surface area (Å²) < 4.78 is 2.03. The minimum Gasteiger partial charge on any atom is -0.504 e. The number of aromatic nitrogens is 1. The molecule has 68 heavy (non-hydrogen) atoms. The fraction of sp³-hybridized carbons (Fsp3) is 0.0175. The highest BCUT2D eigenvalue weighted by Crippen LogP contribution is 2.57. The first-order valence-electron chi connectivity index (χ1n) is 21.6. The van der Waals surface area contributed by atoms with E-state index in [2.05, 4.69) is 5.18 Å². The van der Waals surface area contributed by atoms with Crippen molar-refractivity contribution in [2.75, 3.05) is 11.4 Å². The van der Waals surface area contributed by atoms with E-state index in [1.54, 1.807) is 54.6 Å². The third-order valence-electron chi connectivity index (χ3n) is 12.3. The Labute approximate surface area is 389 Å². The smallest absolute Gasteiger partial charge is 0.243 e. The summed E-state index contributed by atoms with van der Waals surface area (Å²) in [6, 6.07) is 59.0. The van der Waals surface area contributed by atoms with E-state index in [-0.39, 0.29) is 28.0 Å². The van der Waals surface area contributed by atoms with Gasteiger partial charge in [0.1, 0.15) is 12.2 Å². The Balaban J connectivity index is 1.13. The summed E-state index contributed by atoms with van der Waals surface area (Å²) in [6.07, 6.45) is 0. The molecule has 10 rings (SSSR count). The van der Waals surface area contributed by atoms with Crippen LogP contribution < -0.4 is 4.90 Å². The van der Waals surface area contributed by atoms with Crippen molar-refractivity contribution in [1.82, 2.24) is 4.57 Å². The highest BCUT2D eigenvalue weighted by molar-refractivity contribution is 6.09. The van der Waals surface area contributed by atoms with Gasteiger partial charge in [0.2, 0.25) is 11.6 Å². The van der Waals surface area contributed by atoms with E-state index in [4.69, 9.17) is 0 Å². The van der Waals surface area contributed by atoms with Gasteiger partial charge in [-0.15, -0.1) is 0 Å². The van der Waals surface area contributed by atoms with Gasteiger partial charge in [0, 0.05) is 27.7 Å². The fourth-order valence-corrected chi connectivity index (χ4v) is 9.01.